The van der Waals surface area contributed by atoms with E-state index in [0.717, 1.165) is 5.92 Å². The molecule has 1 aromatic carbocycles. The van der Waals surface area contributed by atoms with Crippen LogP contribution in [0.2, 0.25) is 0 Å². The SMILES string of the molecule is C=C/C(C)=C\C(=C/N(C)C(C)C)c1ccc2c(c1)C(C(C)CC)CCC2. The van der Waals surface area contributed by atoms with E-state index < -0.39 is 0 Å². The van der Waals surface area contributed by atoms with Crippen LogP contribution < -0.4 is 0 Å². The highest BCUT2D eigenvalue weighted by atomic mass is 15.1. The van der Waals surface area contributed by atoms with Crippen LogP contribution in [-0.4, -0.2) is 18.0 Å². The Morgan fingerprint density at radius 1 is 1.31 bits per heavy atom. The summed E-state index contributed by atoms with van der Waals surface area (Å²) < 4.78 is 0. The molecular weight excluding hydrogens is 314 g/mol. The molecule has 1 aromatic rings. The van der Waals surface area contributed by atoms with Gasteiger partial charge in [-0.15, -0.1) is 0 Å². The van der Waals surface area contributed by atoms with Gasteiger partial charge in [-0.25, -0.2) is 0 Å². The lowest BCUT2D eigenvalue weighted by Gasteiger charge is -2.30. The van der Waals surface area contributed by atoms with Gasteiger partial charge in [0.15, 0.2) is 0 Å². The van der Waals surface area contributed by atoms with Crippen molar-refractivity contribution in [3.63, 3.8) is 0 Å². The topological polar surface area (TPSA) is 3.24 Å². The largest absolute Gasteiger partial charge is 0.377 e. The number of fused-ring (bicyclic) bond motifs is 1. The van der Waals surface area contributed by atoms with E-state index in [4.69, 9.17) is 0 Å². The first-order chi connectivity index (χ1) is 12.4. The van der Waals surface area contributed by atoms with Crippen LogP contribution in [0.5, 0.6) is 0 Å². The molecule has 1 aliphatic carbocycles. The molecule has 0 aliphatic heterocycles. The van der Waals surface area contributed by atoms with Gasteiger partial charge in [0.1, 0.15) is 0 Å². The predicted molar refractivity (Wildman–Crippen MR) is 116 cm³/mol. The molecule has 0 heterocycles. The summed E-state index contributed by atoms with van der Waals surface area (Å²) in [5, 5.41) is 0. The number of benzene rings is 1. The molecule has 1 nitrogen and oxygen atoms in total. The van der Waals surface area contributed by atoms with Crippen LogP contribution in [-0.2, 0) is 6.42 Å². The Morgan fingerprint density at radius 3 is 2.65 bits per heavy atom. The molecular formula is C25H37N. The highest BCUT2D eigenvalue weighted by Gasteiger charge is 2.24. The van der Waals surface area contributed by atoms with Crippen LogP contribution in [0.1, 0.15) is 76.5 Å². The maximum absolute atomic E-state index is 3.93. The molecule has 0 amide bonds. The monoisotopic (exact) mass is 351 g/mol. The zero-order valence-corrected chi connectivity index (χ0v) is 17.7. The molecule has 0 saturated heterocycles. The van der Waals surface area contributed by atoms with Crippen LogP contribution in [0.4, 0.5) is 0 Å². The van der Waals surface area contributed by atoms with E-state index in [0.29, 0.717) is 12.0 Å². The third kappa shape index (κ3) is 4.90. The summed E-state index contributed by atoms with van der Waals surface area (Å²) in [7, 11) is 2.15. The van der Waals surface area contributed by atoms with E-state index in [1.165, 1.54) is 42.4 Å². The molecule has 142 valence electrons. The van der Waals surface area contributed by atoms with E-state index in [9.17, 15) is 0 Å². The van der Waals surface area contributed by atoms with Gasteiger partial charge in [-0.1, -0.05) is 62.8 Å². The number of allylic oxidation sites excluding steroid dienone is 4. The number of hydrogen-bond acceptors (Lipinski definition) is 1. The Labute approximate surface area is 161 Å². The minimum absolute atomic E-state index is 0.480. The number of rotatable bonds is 7. The minimum atomic E-state index is 0.480. The Balaban J connectivity index is 2.51. The zero-order valence-electron chi connectivity index (χ0n) is 17.7. The highest BCUT2D eigenvalue weighted by Crippen LogP contribution is 2.39. The van der Waals surface area contributed by atoms with Crippen molar-refractivity contribution in [2.24, 2.45) is 5.92 Å². The molecule has 26 heavy (non-hydrogen) atoms. The van der Waals surface area contributed by atoms with Gasteiger partial charge < -0.3 is 4.90 Å². The van der Waals surface area contributed by atoms with Crippen LogP contribution in [0.25, 0.3) is 5.57 Å². The summed E-state index contributed by atoms with van der Waals surface area (Å²) in [5.74, 6) is 1.46. The summed E-state index contributed by atoms with van der Waals surface area (Å²) in [6.07, 6.45) is 11.6. The molecule has 0 fully saturated rings. The number of nitrogens with zero attached hydrogens (tertiary/aromatic N) is 1. The fourth-order valence-corrected chi connectivity index (χ4v) is 3.76. The minimum Gasteiger partial charge on any atom is -0.377 e. The summed E-state index contributed by atoms with van der Waals surface area (Å²) in [4.78, 5) is 2.29. The normalized spacial score (nSPS) is 19.3. The second kappa shape index (κ2) is 9.26. The molecule has 2 unspecified atom stereocenters. The molecule has 0 aromatic heterocycles. The van der Waals surface area contributed by atoms with Crippen molar-refractivity contribution in [2.75, 3.05) is 7.05 Å². The van der Waals surface area contributed by atoms with Crippen molar-refractivity contribution in [3.05, 3.63) is 65.4 Å². The van der Waals surface area contributed by atoms with Crippen LogP contribution in [0, 0.1) is 5.92 Å². The van der Waals surface area contributed by atoms with Gasteiger partial charge in [-0.2, -0.15) is 0 Å². The summed E-state index contributed by atoms with van der Waals surface area (Å²) in [6.45, 7) is 15.2. The molecule has 0 saturated carbocycles. The number of aryl methyl sites for hydroxylation is 1. The molecule has 0 radical (unpaired) electrons. The predicted octanol–water partition coefficient (Wildman–Crippen LogP) is 6.97. The zero-order chi connectivity index (χ0) is 19.3. The van der Waals surface area contributed by atoms with Crippen molar-refractivity contribution < 1.29 is 0 Å². The van der Waals surface area contributed by atoms with Crippen molar-refractivity contribution in [2.45, 2.75) is 72.3 Å². The molecule has 1 heteroatoms. The standard InChI is InChI=1S/C25H37N/c1-8-19(5)15-23(17-26(7)18(3)4)22-14-13-21-11-10-12-24(20(6)9-2)25(21)16-22/h8,13-18,20,24H,1,9-12H2,2-7H3/b19-15-,23-17+. The van der Waals surface area contributed by atoms with E-state index in [-0.39, 0.29) is 0 Å². The van der Waals surface area contributed by atoms with E-state index in [1.807, 2.05) is 6.08 Å². The van der Waals surface area contributed by atoms with E-state index >= 15 is 0 Å². The lowest BCUT2D eigenvalue weighted by molar-refractivity contribution is 0.377. The van der Waals surface area contributed by atoms with Gasteiger partial charge in [0.05, 0.1) is 0 Å². The quantitative estimate of drug-likeness (QED) is 0.480. The summed E-state index contributed by atoms with van der Waals surface area (Å²) in [6, 6.07) is 7.63. The molecule has 1 aliphatic rings. The van der Waals surface area contributed by atoms with E-state index in [1.54, 1.807) is 11.1 Å². The summed E-state index contributed by atoms with van der Waals surface area (Å²) in [5.41, 5.74) is 6.95. The van der Waals surface area contributed by atoms with Gasteiger partial charge in [-0.3, -0.25) is 0 Å². The average Bonchev–Trinajstić information content (AvgIpc) is 2.65. The molecule has 0 spiro atoms. The first-order valence-corrected chi connectivity index (χ1v) is 10.2. The Morgan fingerprint density at radius 2 is 2.04 bits per heavy atom. The molecule has 2 rings (SSSR count). The smallest absolute Gasteiger partial charge is 0.0224 e. The Bertz CT molecular complexity index is 677. The summed E-state index contributed by atoms with van der Waals surface area (Å²) >= 11 is 0. The lowest BCUT2D eigenvalue weighted by Crippen LogP contribution is -2.20. The first kappa shape index (κ1) is 20.6. The first-order valence-electron chi connectivity index (χ1n) is 10.2. The third-order valence-electron chi connectivity index (χ3n) is 6.03. The second-order valence-corrected chi connectivity index (χ2v) is 8.23. The van der Waals surface area contributed by atoms with Crippen LogP contribution in [0.3, 0.4) is 0 Å². The maximum atomic E-state index is 3.93. The maximum Gasteiger partial charge on any atom is 0.0224 e. The van der Waals surface area contributed by atoms with Crippen molar-refractivity contribution in [3.8, 4) is 0 Å². The molecule has 0 N–H and O–H groups in total. The highest BCUT2D eigenvalue weighted by molar-refractivity contribution is 5.75. The third-order valence-corrected chi connectivity index (χ3v) is 6.03. The van der Waals surface area contributed by atoms with Crippen LogP contribution >= 0.6 is 0 Å². The molecule has 2 atom stereocenters. The average molecular weight is 352 g/mol. The van der Waals surface area contributed by atoms with E-state index in [2.05, 4.69) is 83.6 Å². The second-order valence-electron chi connectivity index (χ2n) is 8.23. The Hall–Kier alpha value is -1.76. The van der Waals surface area contributed by atoms with Gasteiger partial charge >= 0.3 is 0 Å². The van der Waals surface area contributed by atoms with Gasteiger partial charge in [0.2, 0.25) is 0 Å². The lowest BCUT2D eigenvalue weighted by atomic mass is 9.75. The fraction of sp³-hybridized carbons (Fsp3) is 0.520. The van der Waals surface area contributed by atoms with Gasteiger partial charge in [0.25, 0.3) is 0 Å². The van der Waals surface area contributed by atoms with Gasteiger partial charge in [0, 0.05) is 19.3 Å². The van der Waals surface area contributed by atoms with Crippen molar-refractivity contribution >= 4 is 5.57 Å². The van der Waals surface area contributed by atoms with Crippen molar-refractivity contribution in [1.82, 2.24) is 4.90 Å². The number of hydrogen-bond donors (Lipinski definition) is 0. The van der Waals surface area contributed by atoms with Crippen molar-refractivity contribution in [1.29, 1.82) is 0 Å². The molecule has 0 bridgehead atoms. The van der Waals surface area contributed by atoms with Crippen LogP contribution in [0.15, 0.2) is 48.7 Å². The van der Waals surface area contributed by atoms with Gasteiger partial charge in [-0.05, 0) is 74.1 Å². The Kier molecular flexibility index (Phi) is 7.32. The fourth-order valence-electron chi connectivity index (χ4n) is 3.76.